The van der Waals surface area contributed by atoms with Gasteiger partial charge in [0.15, 0.2) is 0 Å². The molecule has 426 valence electrons. The highest BCUT2D eigenvalue weighted by molar-refractivity contribution is 5.95. The molecule has 2 aliphatic heterocycles. The molecule has 7 amide bonds. The normalized spacial score (nSPS) is 18.3. The minimum absolute atomic E-state index is 0.0696. The van der Waals surface area contributed by atoms with Gasteiger partial charge in [-0.15, -0.1) is 0 Å². The van der Waals surface area contributed by atoms with Gasteiger partial charge < -0.3 is 49.1 Å². The molecule has 4 rings (SSSR count). The van der Waals surface area contributed by atoms with Crippen molar-refractivity contribution >= 4 is 48.0 Å². The summed E-state index contributed by atoms with van der Waals surface area (Å²) in [4.78, 5) is 115. The summed E-state index contributed by atoms with van der Waals surface area (Å²) in [6.07, 6.45) is -0.0811. The molecular weight excluding hydrogens is 999 g/mol. The molecule has 0 saturated carbocycles. The maximum atomic E-state index is 14.8. The van der Waals surface area contributed by atoms with Crippen LogP contribution in [0.4, 0.5) is 9.59 Å². The summed E-state index contributed by atoms with van der Waals surface area (Å²) >= 11 is 0. The first kappa shape index (κ1) is 63.6. The van der Waals surface area contributed by atoms with Crippen LogP contribution < -0.4 is 10.6 Å². The van der Waals surface area contributed by atoms with Gasteiger partial charge >= 0.3 is 12.2 Å². The maximum Gasteiger partial charge on any atom is 0.410 e. The third-order valence-corrected chi connectivity index (χ3v) is 13.4. The van der Waals surface area contributed by atoms with Crippen LogP contribution in [-0.4, -0.2) is 186 Å². The molecule has 2 fully saturated rings. The van der Waals surface area contributed by atoms with Crippen molar-refractivity contribution < 1.29 is 57.3 Å². The maximum absolute atomic E-state index is 14.8. The number of carbonyl (C=O) groups excluding carboxylic acids is 8. The van der Waals surface area contributed by atoms with Gasteiger partial charge in [-0.1, -0.05) is 81.1 Å². The topological polar surface area (TPSA) is 214 Å². The molecule has 0 radical (unpaired) electrons. The highest BCUT2D eigenvalue weighted by atomic mass is 16.6. The number of aldehydes is 1. The molecule has 2 aromatic carbocycles. The second-order valence-corrected chi connectivity index (χ2v) is 23.0. The molecule has 2 aromatic rings. The van der Waals surface area contributed by atoms with E-state index in [0.717, 1.165) is 15.4 Å². The number of nitrogens with one attached hydrogen (secondary N) is 2. The van der Waals surface area contributed by atoms with Crippen LogP contribution in [0.15, 0.2) is 60.7 Å². The quantitative estimate of drug-likeness (QED) is 0.125. The van der Waals surface area contributed by atoms with E-state index in [0.29, 0.717) is 44.2 Å². The summed E-state index contributed by atoms with van der Waals surface area (Å²) in [5.41, 5.74) is -0.758. The Hall–Kier alpha value is -6.96. The molecule has 0 bridgehead atoms. The van der Waals surface area contributed by atoms with Crippen LogP contribution >= 0.6 is 0 Å². The second-order valence-electron chi connectivity index (χ2n) is 23.0. The fourth-order valence-electron chi connectivity index (χ4n) is 8.68. The van der Waals surface area contributed by atoms with Crippen molar-refractivity contribution in [3.05, 3.63) is 71.8 Å². The third-order valence-electron chi connectivity index (χ3n) is 13.4. The molecular formula is C59H83N7O12. The lowest BCUT2D eigenvalue weighted by atomic mass is 9.85. The Morgan fingerprint density at radius 2 is 1.27 bits per heavy atom. The Balaban J connectivity index is 1.43. The zero-order valence-electron chi connectivity index (χ0n) is 48.2. The summed E-state index contributed by atoms with van der Waals surface area (Å²) in [6, 6.07) is 13.4. The largest absolute Gasteiger partial charge is 0.444 e. The molecule has 2 saturated heterocycles. The standard InChI is InChI=1S/C59H83N7O12/c1-40(62(13)55(73)77-58(7,8)9)50(68)60-48(53(71)65-32-25-30-45(65)37-64(33-31-43-26-19-17-20-27-43)52(70)44-28-21-18-22-29-44)42(3)75-34-23-15-16-24-35-76-47-36-46(39-67)66(38-47)54(72)49(57(4,5)6)61-51(69)41(2)63(14)56(74)78-59(10,11)12/h17-22,26-29,39-42,45-49H,25,30-38H2,1-14H3,(H,60,68)(H,61,69)/t40-,41-,42+,45-,46-,47-,48-,49+/m0/s1. The van der Waals surface area contributed by atoms with E-state index in [9.17, 15) is 38.4 Å². The lowest BCUT2D eigenvalue weighted by Crippen LogP contribution is -2.59. The first-order valence-electron chi connectivity index (χ1n) is 26.7. The molecule has 0 unspecified atom stereocenters. The van der Waals surface area contributed by atoms with Gasteiger partial charge in [-0.05, 0) is 117 Å². The average molecular weight is 1080 g/mol. The summed E-state index contributed by atoms with van der Waals surface area (Å²) < 4.78 is 22.9. The molecule has 2 heterocycles. The monoisotopic (exact) mass is 1080 g/mol. The van der Waals surface area contributed by atoms with Gasteiger partial charge in [0.25, 0.3) is 5.91 Å². The number of hydrogen-bond donors (Lipinski definition) is 2. The van der Waals surface area contributed by atoms with Gasteiger partial charge in [-0.3, -0.25) is 33.8 Å². The minimum Gasteiger partial charge on any atom is -0.444 e. The van der Waals surface area contributed by atoms with Crippen molar-refractivity contribution in [2.75, 3.05) is 53.5 Å². The number of ether oxygens (including phenoxy) is 4. The van der Waals surface area contributed by atoms with Gasteiger partial charge in [0, 0.05) is 58.3 Å². The smallest absolute Gasteiger partial charge is 0.410 e. The highest BCUT2D eigenvalue weighted by Crippen LogP contribution is 2.27. The average Bonchev–Trinajstić information content (AvgIpc) is 4.05. The Kier molecular flexibility index (Phi) is 23.3. The summed E-state index contributed by atoms with van der Waals surface area (Å²) in [5.74, 6) is 8.85. The van der Waals surface area contributed by atoms with Gasteiger partial charge in [0.2, 0.25) is 23.6 Å². The van der Waals surface area contributed by atoms with Crippen LogP contribution in [0.3, 0.4) is 0 Å². The molecule has 19 heteroatoms. The molecule has 19 nitrogen and oxygen atoms in total. The van der Waals surface area contributed by atoms with Crippen LogP contribution in [0.1, 0.15) is 118 Å². The van der Waals surface area contributed by atoms with Gasteiger partial charge in [0.1, 0.15) is 54.9 Å². The van der Waals surface area contributed by atoms with Crippen molar-refractivity contribution in [1.29, 1.82) is 0 Å². The minimum atomic E-state index is -1.21. The van der Waals surface area contributed by atoms with Crippen LogP contribution in [0.2, 0.25) is 0 Å². The van der Waals surface area contributed by atoms with Crippen molar-refractivity contribution in [3.63, 3.8) is 0 Å². The first-order chi connectivity index (χ1) is 36.5. The predicted octanol–water partition coefficient (Wildman–Crippen LogP) is 5.49. The number of benzene rings is 2. The van der Waals surface area contributed by atoms with Gasteiger partial charge in [-0.25, -0.2) is 9.59 Å². The Morgan fingerprint density at radius 3 is 1.81 bits per heavy atom. The van der Waals surface area contributed by atoms with Crippen molar-refractivity contribution in [2.45, 2.75) is 168 Å². The SMILES string of the molecule is C[C@@H](OCC#CC#CCO[C@H]1C[C@@H](C=O)N(C(=O)[C@@H](NC(=O)[C@H](C)N(C)C(=O)OC(C)(C)C)C(C)(C)C)C1)[C@H](NC(=O)[C@H](C)N(C)C(=O)OC(C)(C)C)C(=O)N1CCC[C@H]1CN(CCc1ccccc1)C(=O)c1ccccc1. The number of hydrogen-bond acceptors (Lipinski definition) is 12. The van der Waals surface area contributed by atoms with Crippen LogP contribution in [0, 0.1) is 29.1 Å². The van der Waals surface area contributed by atoms with Crippen LogP contribution in [0.5, 0.6) is 0 Å². The summed E-state index contributed by atoms with van der Waals surface area (Å²) in [6.45, 7) is 21.3. The summed E-state index contributed by atoms with van der Waals surface area (Å²) in [7, 11) is 2.88. The Labute approximate surface area is 461 Å². The van der Waals surface area contributed by atoms with E-state index >= 15 is 0 Å². The predicted molar refractivity (Wildman–Crippen MR) is 294 cm³/mol. The van der Waals surface area contributed by atoms with E-state index in [-0.39, 0.29) is 44.7 Å². The number of likely N-dealkylation sites (N-methyl/N-ethyl adjacent to an activating group) is 2. The van der Waals surface area contributed by atoms with E-state index in [4.69, 9.17) is 18.9 Å². The van der Waals surface area contributed by atoms with Crippen LogP contribution in [0.25, 0.3) is 0 Å². The second kappa shape index (κ2) is 28.6. The van der Waals surface area contributed by atoms with Crippen molar-refractivity contribution in [3.8, 4) is 23.7 Å². The van der Waals surface area contributed by atoms with Crippen molar-refractivity contribution in [2.24, 2.45) is 5.41 Å². The number of rotatable bonds is 20. The molecule has 0 aliphatic carbocycles. The number of amides is 7. The Bertz CT molecular complexity index is 2520. The van der Waals surface area contributed by atoms with E-state index in [1.54, 1.807) is 91.2 Å². The van der Waals surface area contributed by atoms with Gasteiger partial charge in [0.05, 0.1) is 18.2 Å². The lowest BCUT2D eigenvalue weighted by molar-refractivity contribution is -0.142. The highest BCUT2D eigenvalue weighted by Gasteiger charge is 2.44. The zero-order chi connectivity index (χ0) is 58.1. The Morgan fingerprint density at radius 1 is 0.731 bits per heavy atom. The zero-order valence-corrected chi connectivity index (χ0v) is 48.2. The lowest BCUT2D eigenvalue weighted by Gasteiger charge is -2.36. The van der Waals surface area contributed by atoms with E-state index in [1.807, 2.05) is 48.5 Å². The molecule has 2 aliphatic rings. The molecule has 0 aromatic heterocycles. The number of nitrogens with zero attached hydrogens (tertiary/aromatic N) is 5. The molecule has 2 N–H and O–H groups in total. The van der Waals surface area contributed by atoms with Crippen molar-refractivity contribution in [1.82, 2.24) is 35.1 Å². The van der Waals surface area contributed by atoms with E-state index in [2.05, 4.69) is 34.3 Å². The molecule has 0 spiro atoms. The summed E-state index contributed by atoms with van der Waals surface area (Å²) in [5, 5.41) is 5.65. The first-order valence-corrected chi connectivity index (χ1v) is 26.7. The third kappa shape index (κ3) is 19.2. The molecule has 78 heavy (non-hydrogen) atoms. The van der Waals surface area contributed by atoms with Crippen LogP contribution in [-0.2, 0) is 49.3 Å². The fraction of sp³-hybridized carbons (Fsp3) is 0.593. The van der Waals surface area contributed by atoms with Gasteiger partial charge in [-0.2, -0.15) is 0 Å². The van der Waals surface area contributed by atoms with E-state index < -0.39 is 94.8 Å². The molecule has 8 atom stereocenters. The fourth-order valence-corrected chi connectivity index (χ4v) is 8.68. The number of carbonyl (C=O) groups is 8. The number of likely N-dealkylation sites (tertiary alicyclic amines) is 2. The van der Waals surface area contributed by atoms with E-state index in [1.165, 1.54) is 32.8 Å².